The van der Waals surface area contributed by atoms with Gasteiger partial charge in [-0.3, -0.25) is 9.59 Å². The van der Waals surface area contributed by atoms with E-state index in [9.17, 15) is 19.5 Å². The monoisotopic (exact) mass is 569 g/mol. The number of hydrogen-bond donors (Lipinski definition) is 3. The van der Waals surface area contributed by atoms with E-state index in [4.69, 9.17) is 11.2 Å². The Morgan fingerprint density at radius 3 is 2.21 bits per heavy atom. The van der Waals surface area contributed by atoms with Gasteiger partial charge in [-0.25, -0.2) is 4.79 Å². The third kappa shape index (κ3) is 9.13. The quantitative estimate of drug-likeness (QED) is 0.278. The Bertz CT molecular complexity index is 1390. The van der Waals surface area contributed by atoms with Crippen LogP contribution in [0.5, 0.6) is 5.75 Å². The Morgan fingerprint density at radius 1 is 0.952 bits per heavy atom. The minimum absolute atomic E-state index is 0.0791. The standard InChI is InChI=1S/C34H39N3O5/c1-6-21-37(32(40)29(36-33(41)42-34(3,4)5)22-24-17-19-27(38)20-18-24)30(28-16-12-11-15-26(28)7-2)31(39)35-23-25-13-9-8-10-14-25/h2,8-20,29-30,38H,6,21-23H2,1,3-5H3,(H,35,39)(H,36,41). The molecule has 3 aromatic rings. The van der Waals surface area contributed by atoms with Crippen LogP contribution >= 0.6 is 0 Å². The molecule has 0 bridgehead atoms. The van der Waals surface area contributed by atoms with Crippen LogP contribution in [0, 0.1) is 12.3 Å². The first-order valence-electron chi connectivity index (χ1n) is 14.0. The highest BCUT2D eigenvalue weighted by atomic mass is 16.6. The number of amides is 3. The number of carbonyl (C=O) groups is 3. The van der Waals surface area contributed by atoms with Gasteiger partial charge in [0.15, 0.2) is 0 Å². The lowest BCUT2D eigenvalue weighted by Crippen LogP contribution is -2.54. The highest BCUT2D eigenvalue weighted by Gasteiger charge is 2.37. The summed E-state index contributed by atoms with van der Waals surface area (Å²) in [5, 5.41) is 15.4. The van der Waals surface area contributed by atoms with Crippen LogP contribution < -0.4 is 10.6 Å². The topological polar surface area (TPSA) is 108 Å². The lowest BCUT2D eigenvalue weighted by atomic mass is 9.96. The van der Waals surface area contributed by atoms with Gasteiger partial charge in [-0.1, -0.05) is 73.5 Å². The molecule has 0 saturated carbocycles. The maximum Gasteiger partial charge on any atom is 0.408 e. The fraction of sp³-hybridized carbons (Fsp3) is 0.324. The molecule has 0 aliphatic carbocycles. The highest BCUT2D eigenvalue weighted by molar-refractivity contribution is 5.92. The maximum atomic E-state index is 14.4. The number of nitrogens with zero attached hydrogens (tertiary/aromatic N) is 1. The first-order valence-corrected chi connectivity index (χ1v) is 14.0. The van der Waals surface area contributed by atoms with Crippen LogP contribution in [-0.2, 0) is 27.3 Å². The molecule has 8 nitrogen and oxygen atoms in total. The molecular formula is C34H39N3O5. The van der Waals surface area contributed by atoms with Gasteiger partial charge in [0.05, 0.1) is 0 Å². The average Bonchev–Trinajstić information content (AvgIpc) is 2.96. The number of alkyl carbamates (subject to hydrolysis) is 1. The zero-order valence-electron chi connectivity index (χ0n) is 24.6. The van der Waals surface area contributed by atoms with Gasteiger partial charge in [0.2, 0.25) is 11.8 Å². The Balaban J connectivity index is 2.03. The summed E-state index contributed by atoms with van der Waals surface area (Å²) >= 11 is 0. The maximum absolute atomic E-state index is 14.4. The Labute approximate surface area is 248 Å². The van der Waals surface area contributed by atoms with Crippen molar-refractivity contribution in [2.75, 3.05) is 6.54 Å². The van der Waals surface area contributed by atoms with Gasteiger partial charge in [0.25, 0.3) is 0 Å². The number of aromatic hydroxyl groups is 1. The minimum Gasteiger partial charge on any atom is -0.508 e. The van der Waals surface area contributed by atoms with Crippen molar-refractivity contribution in [1.29, 1.82) is 0 Å². The van der Waals surface area contributed by atoms with E-state index >= 15 is 0 Å². The van der Waals surface area contributed by atoms with Gasteiger partial charge >= 0.3 is 6.09 Å². The van der Waals surface area contributed by atoms with Crippen molar-refractivity contribution >= 4 is 17.9 Å². The summed E-state index contributed by atoms with van der Waals surface area (Å²) in [5.74, 6) is 1.85. The van der Waals surface area contributed by atoms with Crippen LogP contribution in [0.25, 0.3) is 0 Å². The third-order valence-corrected chi connectivity index (χ3v) is 6.39. The second-order valence-electron chi connectivity index (χ2n) is 10.9. The zero-order valence-corrected chi connectivity index (χ0v) is 24.6. The van der Waals surface area contributed by atoms with Crippen molar-refractivity contribution in [3.05, 3.63) is 101 Å². The lowest BCUT2D eigenvalue weighted by Gasteiger charge is -2.35. The van der Waals surface area contributed by atoms with E-state index < -0.39 is 35.6 Å². The summed E-state index contributed by atoms with van der Waals surface area (Å²) in [4.78, 5) is 42.6. The number of phenolic OH excluding ortho intramolecular Hbond substituents is 1. The average molecular weight is 570 g/mol. The molecule has 220 valence electrons. The smallest absolute Gasteiger partial charge is 0.408 e. The first-order chi connectivity index (χ1) is 20.0. The molecular weight excluding hydrogens is 530 g/mol. The molecule has 0 fully saturated rings. The van der Waals surface area contributed by atoms with E-state index in [-0.39, 0.29) is 25.3 Å². The molecule has 0 aliphatic heterocycles. The van der Waals surface area contributed by atoms with E-state index in [2.05, 4.69) is 16.6 Å². The zero-order chi connectivity index (χ0) is 30.7. The number of hydrogen-bond acceptors (Lipinski definition) is 5. The summed E-state index contributed by atoms with van der Waals surface area (Å²) in [7, 11) is 0. The van der Waals surface area contributed by atoms with Crippen LogP contribution in [0.15, 0.2) is 78.9 Å². The van der Waals surface area contributed by atoms with E-state index in [1.807, 2.05) is 37.3 Å². The van der Waals surface area contributed by atoms with Crippen molar-refractivity contribution in [3.8, 4) is 18.1 Å². The first kappa shape index (κ1) is 31.8. The molecule has 0 spiro atoms. The van der Waals surface area contributed by atoms with Crippen LogP contribution in [0.1, 0.15) is 62.4 Å². The largest absolute Gasteiger partial charge is 0.508 e. The number of ether oxygens (including phenoxy) is 1. The second-order valence-corrected chi connectivity index (χ2v) is 10.9. The fourth-order valence-corrected chi connectivity index (χ4v) is 4.52. The highest BCUT2D eigenvalue weighted by Crippen LogP contribution is 2.27. The van der Waals surface area contributed by atoms with Gasteiger partial charge in [-0.2, -0.15) is 0 Å². The molecule has 3 N–H and O–H groups in total. The van der Waals surface area contributed by atoms with Crippen LogP contribution in [0.3, 0.4) is 0 Å². The van der Waals surface area contributed by atoms with Crippen molar-refractivity contribution in [2.24, 2.45) is 0 Å². The van der Waals surface area contributed by atoms with Gasteiger partial charge in [0, 0.05) is 25.1 Å². The Morgan fingerprint density at radius 2 is 1.60 bits per heavy atom. The molecule has 42 heavy (non-hydrogen) atoms. The molecule has 8 heteroatoms. The van der Waals surface area contributed by atoms with E-state index in [1.54, 1.807) is 57.2 Å². The fourth-order valence-electron chi connectivity index (χ4n) is 4.52. The molecule has 0 heterocycles. The molecule has 2 unspecified atom stereocenters. The van der Waals surface area contributed by atoms with E-state index in [0.717, 1.165) is 5.56 Å². The molecule has 0 aromatic heterocycles. The van der Waals surface area contributed by atoms with Gasteiger partial charge in [-0.15, -0.1) is 6.42 Å². The number of phenols is 1. The number of benzene rings is 3. The van der Waals surface area contributed by atoms with Crippen LogP contribution in [0.2, 0.25) is 0 Å². The third-order valence-electron chi connectivity index (χ3n) is 6.39. The number of nitrogens with one attached hydrogen (secondary N) is 2. The van der Waals surface area contributed by atoms with E-state index in [1.165, 1.54) is 17.0 Å². The molecule has 3 rings (SSSR count). The summed E-state index contributed by atoms with van der Waals surface area (Å²) in [6.45, 7) is 7.59. The van der Waals surface area contributed by atoms with Crippen molar-refractivity contribution in [2.45, 2.75) is 64.8 Å². The molecule has 3 aromatic carbocycles. The molecule has 3 amide bonds. The lowest BCUT2D eigenvalue weighted by molar-refractivity contribution is -0.142. The molecule has 0 saturated heterocycles. The summed E-state index contributed by atoms with van der Waals surface area (Å²) in [6, 6.07) is 20.7. The van der Waals surface area contributed by atoms with E-state index in [0.29, 0.717) is 23.1 Å². The van der Waals surface area contributed by atoms with Gasteiger partial charge in [0.1, 0.15) is 23.4 Å². The number of terminal acetylenes is 1. The predicted molar refractivity (Wildman–Crippen MR) is 162 cm³/mol. The van der Waals surface area contributed by atoms with Gasteiger partial charge < -0.3 is 25.4 Å². The summed E-state index contributed by atoms with van der Waals surface area (Å²) < 4.78 is 5.46. The van der Waals surface area contributed by atoms with Gasteiger partial charge in [-0.05, 0) is 62.1 Å². The number of rotatable bonds is 11. The van der Waals surface area contributed by atoms with Crippen LogP contribution in [-0.4, -0.2) is 46.1 Å². The number of carbonyl (C=O) groups excluding carboxylic acids is 3. The van der Waals surface area contributed by atoms with Crippen molar-refractivity contribution in [3.63, 3.8) is 0 Å². The Hall–Kier alpha value is -4.77. The van der Waals surface area contributed by atoms with Crippen molar-refractivity contribution in [1.82, 2.24) is 15.5 Å². The normalized spacial score (nSPS) is 12.4. The molecule has 2 atom stereocenters. The predicted octanol–water partition coefficient (Wildman–Crippen LogP) is 5.11. The Kier molecular flexibility index (Phi) is 11.1. The SMILES string of the molecule is C#Cc1ccccc1C(C(=O)NCc1ccccc1)N(CCC)C(=O)C(Cc1ccc(O)cc1)NC(=O)OC(C)(C)C. The molecule has 0 radical (unpaired) electrons. The summed E-state index contributed by atoms with van der Waals surface area (Å²) in [6.07, 6.45) is 5.72. The summed E-state index contributed by atoms with van der Waals surface area (Å²) in [5.41, 5.74) is 1.81. The van der Waals surface area contributed by atoms with Crippen molar-refractivity contribution < 1.29 is 24.2 Å². The van der Waals surface area contributed by atoms with Crippen LogP contribution in [0.4, 0.5) is 4.79 Å². The molecule has 0 aliphatic rings. The second kappa shape index (κ2) is 14.7. The minimum atomic E-state index is -1.07.